The predicted molar refractivity (Wildman–Crippen MR) is 95.8 cm³/mol. The van der Waals surface area contributed by atoms with Crippen molar-refractivity contribution in [3.63, 3.8) is 0 Å². The molecule has 0 radical (unpaired) electrons. The van der Waals surface area contributed by atoms with Crippen molar-refractivity contribution in [3.8, 4) is 5.75 Å². The number of benzene rings is 2. The fraction of sp³-hybridized carbons (Fsp3) is 0.111. The fourth-order valence-electron chi connectivity index (χ4n) is 2.57. The fourth-order valence-corrected chi connectivity index (χ4v) is 3.50. The van der Waals surface area contributed by atoms with E-state index in [4.69, 9.17) is 9.72 Å². The summed E-state index contributed by atoms with van der Waals surface area (Å²) in [6, 6.07) is 16.1. The summed E-state index contributed by atoms with van der Waals surface area (Å²) in [7, 11) is 0. The molecule has 0 aliphatic carbocycles. The summed E-state index contributed by atoms with van der Waals surface area (Å²) in [4.78, 5) is 9.21. The Bertz CT molecular complexity index is 966. The number of pyridine rings is 1. The summed E-state index contributed by atoms with van der Waals surface area (Å²) in [5, 5.41) is 5.24. The SMILES string of the molecule is CCOc1cc2sc(Nc3ccccc3)nc2c2cccnc12. The van der Waals surface area contributed by atoms with E-state index in [1.165, 1.54) is 0 Å². The molecule has 5 heteroatoms. The first-order chi connectivity index (χ1) is 11.3. The van der Waals surface area contributed by atoms with Crippen LogP contribution < -0.4 is 10.1 Å². The monoisotopic (exact) mass is 321 g/mol. The lowest BCUT2D eigenvalue weighted by Crippen LogP contribution is -1.94. The molecule has 4 rings (SSSR count). The third-order valence-corrected chi connectivity index (χ3v) is 4.45. The standard InChI is InChI=1S/C18H15N3OS/c1-2-22-14-11-15-17(13-9-6-10-19-16(13)14)21-18(23-15)20-12-7-4-3-5-8-12/h3-11H,2H2,1H3,(H,20,21). The van der Waals surface area contributed by atoms with E-state index in [0.29, 0.717) is 6.61 Å². The number of nitrogens with one attached hydrogen (secondary N) is 1. The maximum Gasteiger partial charge on any atom is 0.188 e. The number of fused-ring (bicyclic) bond motifs is 3. The molecular weight excluding hydrogens is 306 g/mol. The first-order valence-electron chi connectivity index (χ1n) is 7.48. The molecule has 4 nitrogen and oxygen atoms in total. The number of ether oxygens (including phenoxy) is 1. The second-order valence-corrected chi connectivity index (χ2v) is 6.09. The van der Waals surface area contributed by atoms with E-state index >= 15 is 0 Å². The van der Waals surface area contributed by atoms with Crippen molar-refractivity contribution < 1.29 is 4.74 Å². The number of nitrogens with zero attached hydrogens (tertiary/aromatic N) is 2. The van der Waals surface area contributed by atoms with Gasteiger partial charge in [0.25, 0.3) is 0 Å². The first kappa shape index (κ1) is 14.0. The number of hydrogen-bond acceptors (Lipinski definition) is 5. The number of rotatable bonds is 4. The van der Waals surface area contributed by atoms with Crippen LogP contribution in [0.25, 0.3) is 21.1 Å². The quantitative estimate of drug-likeness (QED) is 0.575. The van der Waals surface area contributed by atoms with Crippen LogP contribution >= 0.6 is 11.3 Å². The normalized spacial score (nSPS) is 11.0. The van der Waals surface area contributed by atoms with Crippen molar-refractivity contribution >= 4 is 43.3 Å². The Morgan fingerprint density at radius 2 is 1.96 bits per heavy atom. The third-order valence-electron chi connectivity index (χ3n) is 3.54. The summed E-state index contributed by atoms with van der Waals surface area (Å²) in [5.41, 5.74) is 2.84. The summed E-state index contributed by atoms with van der Waals surface area (Å²) < 4.78 is 6.84. The molecule has 0 fully saturated rings. The van der Waals surface area contributed by atoms with Crippen LogP contribution in [0.4, 0.5) is 10.8 Å². The van der Waals surface area contributed by atoms with Gasteiger partial charge in [-0.1, -0.05) is 29.5 Å². The van der Waals surface area contributed by atoms with E-state index in [1.54, 1.807) is 17.5 Å². The molecule has 0 saturated carbocycles. The molecule has 0 atom stereocenters. The molecule has 0 spiro atoms. The Hall–Kier alpha value is -2.66. The Labute approximate surface area is 137 Å². The third kappa shape index (κ3) is 2.59. The van der Waals surface area contributed by atoms with Crippen LogP contribution in [-0.4, -0.2) is 16.6 Å². The zero-order valence-electron chi connectivity index (χ0n) is 12.6. The van der Waals surface area contributed by atoms with E-state index in [9.17, 15) is 0 Å². The van der Waals surface area contributed by atoms with Crippen molar-refractivity contribution in [2.45, 2.75) is 6.92 Å². The van der Waals surface area contributed by atoms with Gasteiger partial charge in [-0.3, -0.25) is 4.98 Å². The zero-order chi connectivity index (χ0) is 15.6. The molecule has 23 heavy (non-hydrogen) atoms. The van der Waals surface area contributed by atoms with Crippen LogP contribution in [0.1, 0.15) is 6.92 Å². The molecule has 0 amide bonds. The molecule has 0 aliphatic rings. The Balaban J connectivity index is 1.86. The molecule has 4 aromatic rings. The van der Waals surface area contributed by atoms with Gasteiger partial charge in [0.05, 0.1) is 16.8 Å². The van der Waals surface area contributed by atoms with Crippen LogP contribution in [0.15, 0.2) is 54.7 Å². The second-order valence-electron chi connectivity index (χ2n) is 5.06. The Morgan fingerprint density at radius 3 is 2.78 bits per heavy atom. The smallest absolute Gasteiger partial charge is 0.188 e. The second kappa shape index (κ2) is 5.85. The highest BCUT2D eigenvalue weighted by Gasteiger charge is 2.13. The van der Waals surface area contributed by atoms with Crippen molar-refractivity contribution in [2.24, 2.45) is 0 Å². The zero-order valence-corrected chi connectivity index (χ0v) is 13.4. The minimum atomic E-state index is 0.616. The van der Waals surface area contributed by atoms with Gasteiger partial charge < -0.3 is 10.1 Å². The maximum atomic E-state index is 5.75. The topological polar surface area (TPSA) is 47.0 Å². The van der Waals surface area contributed by atoms with Crippen molar-refractivity contribution in [1.82, 2.24) is 9.97 Å². The Kier molecular flexibility index (Phi) is 3.55. The molecular formula is C18H15N3OS. The Morgan fingerprint density at radius 1 is 1.09 bits per heavy atom. The molecule has 1 N–H and O–H groups in total. The number of para-hydroxylation sites is 1. The predicted octanol–water partition coefficient (Wildman–Crippen LogP) is 4.99. The van der Waals surface area contributed by atoms with Crippen LogP contribution in [0.5, 0.6) is 5.75 Å². The van der Waals surface area contributed by atoms with Gasteiger partial charge in [0.15, 0.2) is 5.13 Å². The van der Waals surface area contributed by atoms with Gasteiger partial charge in [0, 0.05) is 23.3 Å². The number of hydrogen-bond donors (Lipinski definition) is 1. The molecule has 0 saturated heterocycles. The van der Waals surface area contributed by atoms with E-state index in [-0.39, 0.29) is 0 Å². The van der Waals surface area contributed by atoms with Gasteiger partial charge in [-0.15, -0.1) is 0 Å². The lowest BCUT2D eigenvalue weighted by Gasteiger charge is -2.06. The largest absolute Gasteiger partial charge is 0.492 e. The molecule has 2 aromatic carbocycles. The minimum absolute atomic E-state index is 0.616. The number of thiazole rings is 1. The lowest BCUT2D eigenvalue weighted by atomic mass is 10.2. The van der Waals surface area contributed by atoms with E-state index in [2.05, 4.69) is 10.3 Å². The molecule has 0 bridgehead atoms. The number of aromatic nitrogens is 2. The average Bonchev–Trinajstić information content (AvgIpc) is 2.99. The highest BCUT2D eigenvalue weighted by molar-refractivity contribution is 7.22. The van der Waals surface area contributed by atoms with Gasteiger partial charge in [0.1, 0.15) is 11.3 Å². The highest BCUT2D eigenvalue weighted by Crippen LogP contribution is 2.37. The van der Waals surface area contributed by atoms with Gasteiger partial charge >= 0.3 is 0 Å². The molecule has 2 aromatic heterocycles. The van der Waals surface area contributed by atoms with Gasteiger partial charge in [-0.05, 0) is 31.2 Å². The first-order valence-corrected chi connectivity index (χ1v) is 8.30. The molecule has 2 heterocycles. The molecule has 114 valence electrons. The van der Waals surface area contributed by atoms with Crippen LogP contribution in [0.3, 0.4) is 0 Å². The summed E-state index contributed by atoms with van der Waals surface area (Å²) >= 11 is 1.62. The maximum absolute atomic E-state index is 5.75. The van der Waals surface area contributed by atoms with E-state index in [0.717, 1.165) is 37.7 Å². The lowest BCUT2D eigenvalue weighted by molar-refractivity contribution is 0.344. The van der Waals surface area contributed by atoms with Crippen molar-refractivity contribution in [3.05, 3.63) is 54.7 Å². The van der Waals surface area contributed by atoms with Crippen LogP contribution in [0, 0.1) is 0 Å². The van der Waals surface area contributed by atoms with Crippen LogP contribution in [0.2, 0.25) is 0 Å². The van der Waals surface area contributed by atoms with Gasteiger partial charge in [0.2, 0.25) is 0 Å². The highest BCUT2D eigenvalue weighted by atomic mass is 32.1. The summed E-state index contributed by atoms with van der Waals surface area (Å²) in [6.45, 7) is 2.60. The van der Waals surface area contributed by atoms with Gasteiger partial charge in [-0.25, -0.2) is 4.98 Å². The van der Waals surface area contributed by atoms with E-state index < -0.39 is 0 Å². The van der Waals surface area contributed by atoms with Crippen molar-refractivity contribution in [1.29, 1.82) is 0 Å². The number of anilines is 2. The average molecular weight is 321 g/mol. The summed E-state index contributed by atoms with van der Waals surface area (Å²) in [5.74, 6) is 0.811. The van der Waals surface area contributed by atoms with Crippen LogP contribution in [-0.2, 0) is 0 Å². The van der Waals surface area contributed by atoms with Crippen molar-refractivity contribution in [2.75, 3.05) is 11.9 Å². The molecule has 0 aliphatic heterocycles. The van der Waals surface area contributed by atoms with E-state index in [1.807, 2.05) is 55.5 Å². The van der Waals surface area contributed by atoms with Gasteiger partial charge in [-0.2, -0.15) is 0 Å². The minimum Gasteiger partial charge on any atom is -0.492 e. The molecule has 0 unspecified atom stereocenters. The summed E-state index contributed by atoms with van der Waals surface area (Å²) in [6.07, 6.45) is 1.78.